The molecule has 0 aliphatic heterocycles. The van der Waals surface area contributed by atoms with Gasteiger partial charge < -0.3 is 21.3 Å². The normalized spacial score (nSPS) is 10.8. The zero-order valence-corrected chi connectivity index (χ0v) is 19.5. The maximum absolute atomic E-state index is 13.7. The van der Waals surface area contributed by atoms with Gasteiger partial charge in [0.2, 0.25) is 17.8 Å². The van der Waals surface area contributed by atoms with Gasteiger partial charge in [-0.2, -0.15) is 18.2 Å². The molecule has 0 atom stereocenters. The predicted molar refractivity (Wildman–Crippen MR) is 134 cm³/mol. The first-order chi connectivity index (χ1) is 17.0. The van der Waals surface area contributed by atoms with Crippen molar-refractivity contribution in [1.82, 2.24) is 9.97 Å². The Hall–Kier alpha value is -4.67. The zero-order valence-electron chi connectivity index (χ0n) is 19.5. The van der Waals surface area contributed by atoms with Crippen LogP contribution in [0.4, 0.5) is 47.7 Å². The highest BCUT2D eigenvalue weighted by Gasteiger charge is 2.35. The zero-order chi connectivity index (χ0) is 26.5. The van der Waals surface area contributed by atoms with Crippen LogP contribution in [0.2, 0.25) is 0 Å². The Balaban J connectivity index is 2.03. The van der Waals surface area contributed by atoms with E-state index in [0.29, 0.717) is 17.6 Å². The van der Waals surface area contributed by atoms with E-state index in [1.54, 1.807) is 37.3 Å². The first-order valence-electron chi connectivity index (χ1n) is 10.6. The van der Waals surface area contributed by atoms with Crippen LogP contribution in [0.15, 0.2) is 67.9 Å². The Morgan fingerprint density at radius 3 is 1.81 bits per heavy atom. The van der Waals surface area contributed by atoms with Crippen molar-refractivity contribution >= 4 is 46.3 Å². The van der Waals surface area contributed by atoms with E-state index in [1.807, 2.05) is 6.92 Å². The molecular weight excluding hydrogens is 473 g/mol. The Morgan fingerprint density at radius 2 is 1.33 bits per heavy atom. The number of nitrogens with one attached hydrogen (secondary N) is 4. The molecule has 0 fully saturated rings. The van der Waals surface area contributed by atoms with E-state index in [4.69, 9.17) is 0 Å². The number of benzene rings is 2. The second kappa shape index (κ2) is 10.7. The molecule has 36 heavy (non-hydrogen) atoms. The van der Waals surface area contributed by atoms with Gasteiger partial charge in [0.25, 0.3) is 0 Å². The minimum absolute atomic E-state index is 0.160. The fourth-order valence-electron chi connectivity index (χ4n) is 3.10. The molecule has 0 aliphatic rings. The molecule has 0 radical (unpaired) electrons. The minimum Gasteiger partial charge on any atom is -0.338 e. The van der Waals surface area contributed by atoms with Crippen LogP contribution in [0.1, 0.15) is 16.7 Å². The van der Waals surface area contributed by atoms with Gasteiger partial charge in [-0.15, -0.1) is 0 Å². The molecule has 11 heteroatoms. The van der Waals surface area contributed by atoms with E-state index < -0.39 is 29.4 Å². The van der Waals surface area contributed by atoms with Crippen LogP contribution >= 0.6 is 0 Å². The fraction of sp³-hybridized carbons (Fsp3) is 0.120. The van der Waals surface area contributed by atoms with Crippen LogP contribution in [-0.4, -0.2) is 21.8 Å². The maximum Gasteiger partial charge on any atom is 0.421 e. The molecule has 8 nitrogen and oxygen atoms in total. The lowest BCUT2D eigenvalue weighted by atomic mass is 10.1. The van der Waals surface area contributed by atoms with Crippen molar-refractivity contribution < 1.29 is 22.8 Å². The smallest absolute Gasteiger partial charge is 0.338 e. The van der Waals surface area contributed by atoms with E-state index >= 15 is 0 Å². The highest BCUT2D eigenvalue weighted by Crippen LogP contribution is 2.37. The molecule has 0 spiro atoms. The molecule has 0 saturated heterocycles. The summed E-state index contributed by atoms with van der Waals surface area (Å²) in [6.07, 6.45) is -1.98. The monoisotopic (exact) mass is 496 g/mol. The summed E-state index contributed by atoms with van der Waals surface area (Å²) in [7, 11) is 0. The average Bonchev–Trinajstić information content (AvgIpc) is 2.81. The van der Waals surface area contributed by atoms with Crippen molar-refractivity contribution in [3.8, 4) is 0 Å². The number of carbonyl (C=O) groups excluding carboxylic acids is 2. The Kier molecular flexibility index (Phi) is 7.73. The second-order valence-electron chi connectivity index (χ2n) is 7.69. The van der Waals surface area contributed by atoms with Gasteiger partial charge in [0.15, 0.2) is 0 Å². The predicted octanol–water partition coefficient (Wildman–Crippen LogP) is 5.85. The second-order valence-corrected chi connectivity index (χ2v) is 7.69. The van der Waals surface area contributed by atoms with E-state index in [-0.39, 0.29) is 17.3 Å². The molecule has 0 unspecified atom stereocenters. The summed E-state index contributed by atoms with van der Waals surface area (Å²) in [5.74, 6) is -1.69. The molecule has 0 aliphatic carbocycles. The number of halogens is 3. The quantitative estimate of drug-likeness (QED) is 0.292. The first kappa shape index (κ1) is 25.9. The summed E-state index contributed by atoms with van der Waals surface area (Å²) in [6, 6.07) is 9.83. The number of nitrogens with zero attached hydrogens (tertiary/aromatic N) is 2. The average molecular weight is 496 g/mol. The van der Waals surface area contributed by atoms with Crippen LogP contribution in [0.5, 0.6) is 0 Å². The molecule has 186 valence electrons. The number of rotatable bonds is 8. The third-order valence-corrected chi connectivity index (χ3v) is 4.83. The molecular formula is C25H23F3N6O2. The number of aryl methyl sites for hydroxylation is 2. The SMILES string of the molecule is C=CC(=O)Nc1cc(C)ccc1Nc1ncc(C(F)(F)F)c(Nc2ccc(C)cc2NC(=O)C=C)n1. The van der Waals surface area contributed by atoms with Crippen LogP contribution in [0, 0.1) is 13.8 Å². The molecule has 3 aromatic rings. The molecule has 1 heterocycles. The standard InChI is InChI=1S/C25H23F3N6O2/c1-5-21(35)30-19-11-14(3)7-9-17(19)32-23-16(25(26,27)28)13-29-24(34-23)33-18-10-8-15(4)12-20(18)31-22(36)6-2/h5-13H,1-2H2,3-4H3,(H,30,35)(H,31,36)(H2,29,32,33,34). The topological polar surface area (TPSA) is 108 Å². The summed E-state index contributed by atoms with van der Waals surface area (Å²) >= 11 is 0. The van der Waals surface area contributed by atoms with Crippen molar-refractivity contribution in [1.29, 1.82) is 0 Å². The van der Waals surface area contributed by atoms with Crippen LogP contribution < -0.4 is 21.3 Å². The Bertz CT molecular complexity index is 1340. The molecule has 4 N–H and O–H groups in total. The van der Waals surface area contributed by atoms with Crippen molar-refractivity contribution in [2.24, 2.45) is 0 Å². The Labute approximate surface area is 205 Å². The van der Waals surface area contributed by atoms with Crippen molar-refractivity contribution in [3.05, 3.63) is 84.6 Å². The highest BCUT2D eigenvalue weighted by atomic mass is 19.4. The minimum atomic E-state index is -4.76. The Morgan fingerprint density at radius 1 is 0.833 bits per heavy atom. The van der Waals surface area contributed by atoms with Gasteiger partial charge in [-0.05, 0) is 61.4 Å². The van der Waals surface area contributed by atoms with E-state index in [2.05, 4.69) is 44.4 Å². The number of amides is 2. The van der Waals surface area contributed by atoms with Crippen LogP contribution in [0.3, 0.4) is 0 Å². The van der Waals surface area contributed by atoms with Gasteiger partial charge in [-0.3, -0.25) is 9.59 Å². The summed E-state index contributed by atoms with van der Waals surface area (Å²) in [5.41, 5.74) is 1.65. The van der Waals surface area contributed by atoms with E-state index in [0.717, 1.165) is 23.3 Å². The first-order valence-corrected chi connectivity index (χ1v) is 10.6. The lowest BCUT2D eigenvalue weighted by Crippen LogP contribution is -2.15. The molecule has 2 amide bonds. The largest absolute Gasteiger partial charge is 0.421 e. The number of hydrogen-bond donors (Lipinski definition) is 4. The van der Waals surface area contributed by atoms with Crippen LogP contribution in [-0.2, 0) is 15.8 Å². The fourth-order valence-corrected chi connectivity index (χ4v) is 3.10. The number of hydrogen-bond acceptors (Lipinski definition) is 6. The van der Waals surface area contributed by atoms with Gasteiger partial charge in [0.05, 0.1) is 22.7 Å². The molecule has 0 saturated carbocycles. The third-order valence-electron chi connectivity index (χ3n) is 4.83. The summed E-state index contributed by atoms with van der Waals surface area (Å²) < 4.78 is 41.2. The van der Waals surface area contributed by atoms with Gasteiger partial charge >= 0.3 is 6.18 Å². The molecule has 0 bridgehead atoms. The highest BCUT2D eigenvalue weighted by molar-refractivity contribution is 6.02. The molecule has 2 aromatic carbocycles. The lowest BCUT2D eigenvalue weighted by molar-refractivity contribution is -0.137. The molecule has 1 aromatic heterocycles. The van der Waals surface area contributed by atoms with Crippen LogP contribution in [0.25, 0.3) is 0 Å². The molecule has 3 rings (SSSR count). The van der Waals surface area contributed by atoms with Crippen molar-refractivity contribution in [3.63, 3.8) is 0 Å². The summed E-state index contributed by atoms with van der Waals surface area (Å²) in [4.78, 5) is 31.5. The summed E-state index contributed by atoms with van der Waals surface area (Å²) in [5, 5.41) is 10.7. The van der Waals surface area contributed by atoms with E-state index in [9.17, 15) is 22.8 Å². The van der Waals surface area contributed by atoms with Crippen molar-refractivity contribution in [2.45, 2.75) is 20.0 Å². The maximum atomic E-state index is 13.7. The van der Waals surface area contributed by atoms with Crippen molar-refractivity contribution in [2.75, 3.05) is 21.3 Å². The van der Waals surface area contributed by atoms with Gasteiger partial charge in [0, 0.05) is 6.20 Å². The van der Waals surface area contributed by atoms with E-state index in [1.165, 1.54) is 6.07 Å². The van der Waals surface area contributed by atoms with Gasteiger partial charge in [-0.25, -0.2) is 4.98 Å². The summed E-state index contributed by atoms with van der Waals surface area (Å²) in [6.45, 7) is 10.4. The number of aromatic nitrogens is 2. The van der Waals surface area contributed by atoms with Gasteiger partial charge in [0.1, 0.15) is 11.4 Å². The third kappa shape index (κ3) is 6.47. The number of carbonyl (C=O) groups is 2. The lowest BCUT2D eigenvalue weighted by Gasteiger charge is -2.18. The van der Waals surface area contributed by atoms with Gasteiger partial charge in [-0.1, -0.05) is 25.3 Å². The number of alkyl halides is 3. The number of anilines is 6.